The molecular weight excluding hydrogens is 306 g/mol. The van der Waals surface area contributed by atoms with Gasteiger partial charge in [-0.15, -0.1) is 14.8 Å². The maximum atomic E-state index is 11.9. The average Bonchev–Trinajstić information content (AvgIpc) is 2.85. The zero-order valence-electron chi connectivity index (χ0n) is 13.9. The Morgan fingerprint density at radius 3 is 2.50 bits per heavy atom. The summed E-state index contributed by atoms with van der Waals surface area (Å²) >= 11 is 0. The fraction of sp³-hybridized carbons (Fsp3) is 0.294. The van der Waals surface area contributed by atoms with Crippen molar-refractivity contribution < 1.29 is 9.53 Å². The number of esters is 1. The molecule has 3 aromatic rings. The summed E-state index contributed by atoms with van der Waals surface area (Å²) in [5, 5.41) is 8.38. The van der Waals surface area contributed by atoms with Gasteiger partial charge in [-0.25, -0.2) is 0 Å². The number of hydrogen-bond acceptors (Lipinski definition) is 6. The highest BCUT2D eigenvalue weighted by Gasteiger charge is 2.16. The third-order valence-corrected chi connectivity index (χ3v) is 3.24. The first-order valence-corrected chi connectivity index (χ1v) is 7.61. The van der Waals surface area contributed by atoms with Crippen LogP contribution in [0.3, 0.4) is 0 Å². The van der Waals surface area contributed by atoms with Crippen LogP contribution in [0.25, 0.3) is 16.9 Å². The van der Waals surface area contributed by atoms with Crippen molar-refractivity contribution in [2.45, 2.75) is 32.8 Å². The van der Waals surface area contributed by atoms with Gasteiger partial charge in [-0.2, -0.15) is 4.98 Å². The summed E-state index contributed by atoms with van der Waals surface area (Å²) in [5.74, 6) is -0.0553. The summed E-state index contributed by atoms with van der Waals surface area (Å²) in [4.78, 5) is 15.9. The van der Waals surface area contributed by atoms with Gasteiger partial charge in [0.15, 0.2) is 5.65 Å². The molecule has 0 aliphatic carbocycles. The van der Waals surface area contributed by atoms with E-state index in [2.05, 4.69) is 15.2 Å². The number of ether oxygens (including phenoxy) is 1. The maximum absolute atomic E-state index is 11.9. The number of anilines is 1. The minimum absolute atomic E-state index is 0.187. The summed E-state index contributed by atoms with van der Waals surface area (Å²) in [7, 11) is 0. The van der Waals surface area contributed by atoms with Crippen LogP contribution in [0.5, 0.6) is 0 Å². The molecule has 2 heterocycles. The Labute approximate surface area is 139 Å². The molecule has 1 aromatic carbocycles. The second kappa shape index (κ2) is 5.92. The second-order valence-electron chi connectivity index (χ2n) is 6.50. The van der Waals surface area contributed by atoms with E-state index in [9.17, 15) is 4.79 Å². The molecule has 0 amide bonds. The Kier molecular flexibility index (Phi) is 3.92. The molecule has 0 saturated heterocycles. The van der Waals surface area contributed by atoms with Crippen molar-refractivity contribution in [2.24, 2.45) is 0 Å². The molecule has 0 bridgehead atoms. The molecule has 2 N–H and O–H groups in total. The van der Waals surface area contributed by atoms with E-state index in [4.69, 9.17) is 10.5 Å². The van der Waals surface area contributed by atoms with Crippen LogP contribution < -0.4 is 5.73 Å². The van der Waals surface area contributed by atoms with Crippen molar-refractivity contribution in [3.05, 3.63) is 42.0 Å². The number of carbonyl (C=O) groups is 1. The quantitative estimate of drug-likeness (QED) is 0.742. The van der Waals surface area contributed by atoms with Crippen LogP contribution in [-0.2, 0) is 16.0 Å². The maximum Gasteiger partial charge on any atom is 0.310 e. The fourth-order valence-electron chi connectivity index (χ4n) is 2.29. The third-order valence-electron chi connectivity index (χ3n) is 3.24. The van der Waals surface area contributed by atoms with E-state index in [-0.39, 0.29) is 18.3 Å². The Hall–Kier alpha value is -2.96. The van der Waals surface area contributed by atoms with E-state index >= 15 is 0 Å². The van der Waals surface area contributed by atoms with Crippen molar-refractivity contribution in [1.29, 1.82) is 0 Å². The summed E-state index contributed by atoms with van der Waals surface area (Å²) in [5.41, 5.74) is 8.23. The largest absolute Gasteiger partial charge is 0.460 e. The molecule has 0 saturated carbocycles. The molecule has 7 nitrogen and oxygen atoms in total. The smallest absolute Gasteiger partial charge is 0.310 e. The highest BCUT2D eigenvalue weighted by atomic mass is 16.6. The summed E-state index contributed by atoms with van der Waals surface area (Å²) < 4.78 is 6.73. The lowest BCUT2D eigenvalue weighted by Crippen LogP contribution is -2.24. The van der Waals surface area contributed by atoms with Gasteiger partial charge in [0.1, 0.15) is 5.60 Å². The molecule has 0 spiro atoms. The molecule has 2 aromatic heterocycles. The van der Waals surface area contributed by atoms with Crippen molar-refractivity contribution in [1.82, 2.24) is 19.8 Å². The van der Waals surface area contributed by atoms with E-state index in [1.165, 1.54) is 4.63 Å². The fourth-order valence-corrected chi connectivity index (χ4v) is 2.29. The number of carbonyl (C=O) groups excluding carboxylic acids is 1. The van der Waals surface area contributed by atoms with E-state index < -0.39 is 5.60 Å². The predicted molar refractivity (Wildman–Crippen MR) is 90.2 cm³/mol. The van der Waals surface area contributed by atoms with Gasteiger partial charge in [-0.1, -0.05) is 24.3 Å². The van der Waals surface area contributed by atoms with Crippen molar-refractivity contribution in [2.75, 3.05) is 5.73 Å². The topological polar surface area (TPSA) is 95.4 Å². The highest BCUT2D eigenvalue weighted by Crippen LogP contribution is 2.19. The van der Waals surface area contributed by atoms with Crippen molar-refractivity contribution >= 4 is 17.6 Å². The third kappa shape index (κ3) is 3.68. The van der Waals surface area contributed by atoms with Crippen LogP contribution in [0.4, 0.5) is 5.95 Å². The molecule has 0 fully saturated rings. The van der Waals surface area contributed by atoms with Crippen LogP contribution in [0.1, 0.15) is 26.3 Å². The number of fused-ring (bicyclic) bond motifs is 1. The van der Waals surface area contributed by atoms with Crippen LogP contribution in [-0.4, -0.2) is 31.4 Å². The van der Waals surface area contributed by atoms with Gasteiger partial charge in [0.05, 0.1) is 12.1 Å². The number of aromatic nitrogens is 4. The molecule has 0 atom stereocenters. The Morgan fingerprint density at radius 1 is 1.12 bits per heavy atom. The molecule has 0 unspecified atom stereocenters. The summed E-state index contributed by atoms with van der Waals surface area (Å²) in [6.45, 7) is 5.56. The van der Waals surface area contributed by atoms with Gasteiger partial charge in [-0.3, -0.25) is 4.79 Å². The van der Waals surface area contributed by atoms with Crippen LogP contribution in [0.15, 0.2) is 36.4 Å². The Morgan fingerprint density at radius 2 is 1.83 bits per heavy atom. The lowest BCUT2D eigenvalue weighted by molar-refractivity contribution is -0.153. The van der Waals surface area contributed by atoms with Gasteiger partial charge in [0.2, 0.25) is 5.95 Å². The minimum Gasteiger partial charge on any atom is -0.460 e. The van der Waals surface area contributed by atoms with Gasteiger partial charge in [-0.05, 0) is 38.5 Å². The van der Waals surface area contributed by atoms with E-state index in [1.54, 1.807) is 6.07 Å². The molecular formula is C17H19N5O2. The van der Waals surface area contributed by atoms with Crippen molar-refractivity contribution in [3.8, 4) is 11.3 Å². The lowest BCUT2D eigenvalue weighted by atomic mass is 10.1. The second-order valence-corrected chi connectivity index (χ2v) is 6.50. The number of rotatable bonds is 3. The van der Waals surface area contributed by atoms with Gasteiger partial charge >= 0.3 is 5.97 Å². The predicted octanol–water partition coefficient (Wildman–Crippen LogP) is 2.26. The number of benzene rings is 1. The Bertz CT molecular complexity index is 878. The average molecular weight is 325 g/mol. The minimum atomic E-state index is -0.476. The molecule has 24 heavy (non-hydrogen) atoms. The molecule has 0 aliphatic heterocycles. The van der Waals surface area contributed by atoms with Gasteiger partial charge in [0, 0.05) is 5.56 Å². The first-order chi connectivity index (χ1) is 11.3. The first kappa shape index (κ1) is 15.9. The normalized spacial score (nSPS) is 11.6. The zero-order valence-corrected chi connectivity index (χ0v) is 13.9. The van der Waals surface area contributed by atoms with Crippen LogP contribution >= 0.6 is 0 Å². The number of hydrogen-bond donors (Lipinski definition) is 1. The van der Waals surface area contributed by atoms with Crippen molar-refractivity contribution in [3.63, 3.8) is 0 Å². The lowest BCUT2D eigenvalue weighted by Gasteiger charge is -2.19. The van der Waals surface area contributed by atoms with E-state index in [0.717, 1.165) is 16.8 Å². The number of nitrogen functional groups attached to an aromatic ring is 1. The summed E-state index contributed by atoms with van der Waals surface area (Å²) in [6, 6.07) is 11.3. The first-order valence-electron chi connectivity index (χ1n) is 7.61. The van der Waals surface area contributed by atoms with E-state index in [1.807, 2.05) is 51.1 Å². The molecule has 124 valence electrons. The highest BCUT2D eigenvalue weighted by molar-refractivity contribution is 5.73. The van der Waals surface area contributed by atoms with Gasteiger partial charge < -0.3 is 10.5 Å². The van der Waals surface area contributed by atoms with Gasteiger partial charge in [0.25, 0.3) is 0 Å². The SMILES string of the molecule is CC(C)(C)OC(=O)Cc1ccc(-c2ccc3nc(N)nn3n2)cc1. The van der Waals surface area contributed by atoms with E-state index in [0.29, 0.717) is 5.65 Å². The zero-order chi connectivity index (χ0) is 17.3. The van der Waals surface area contributed by atoms with Crippen LogP contribution in [0, 0.1) is 0 Å². The summed E-state index contributed by atoms with van der Waals surface area (Å²) in [6.07, 6.45) is 0.240. The molecule has 0 aliphatic rings. The standard InChI is InChI=1S/C17H19N5O2/c1-17(2,3)24-15(23)10-11-4-6-12(7-5-11)13-8-9-14-19-16(18)21-22(14)20-13/h4-9H,10H2,1-3H3,(H2,18,21). The monoisotopic (exact) mass is 325 g/mol. The number of nitrogens with two attached hydrogens (primary N) is 1. The molecule has 7 heteroatoms. The molecule has 3 rings (SSSR count). The number of nitrogens with zero attached hydrogens (tertiary/aromatic N) is 4. The van der Waals surface area contributed by atoms with Crippen LogP contribution in [0.2, 0.25) is 0 Å². The Balaban J connectivity index is 1.76. The molecule has 0 radical (unpaired) electrons.